The van der Waals surface area contributed by atoms with Crippen molar-refractivity contribution in [2.75, 3.05) is 26.4 Å². The summed E-state index contributed by atoms with van der Waals surface area (Å²) in [7, 11) is 0. The summed E-state index contributed by atoms with van der Waals surface area (Å²) in [6.07, 6.45) is 0. The summed E-state index contributed by atoms with van der Waals surface area (Å²) in [5.74, 6) is -0.233. The summed E-state index contributed by atoms with van der Waals surface area (Å²) >= 11 is 1.36. The van der Waals surface area contributed by atoms with Crippen molar-refractivity contribution in [3.63, 3.8) is 0 Å². The minimum atomic E-state index is -0.233. The molecule has 16 heavy (non-hydrogen) atoms. The van der Waals surface area contributed by atoms with Gasteiger partial charge in [0, 0.05) is 18.5 Å². The van der Waals surface area contributed by atoms with Crippen LogP contribution < -0.4 is 11.1 Å². The van der Waals surface area contributed by atoms with E-state index in [2.05, 4.69) is 10.3 Å². The van der Waals surface area contributed by atoms with Crippen LogP contribution in [0.4, 0.5) is 0 Å². The number of aliphatic hydroxyl groups is 1. The lowest BCUT2D eigenvalue weighted by Crippen LogP contribution is -2.27. The van der Waals surface area contributed by atoms with Crippen LogP contribution in [0.5, 0.6) is 0 Å². The fourth-order valence-electron chi connectivity index (χ4n) is 1.00. The third kappa shape index (κ3) is 4.23. The highest BCUT2D eigenvalue weighted by atomic mass is 32.1. The van der Waals surface area contributed by atoms with Crippen molar-refractivity contribution in [1.82, 2.24) is 10.3 Å². The molecule has 1 aromatic rings. The van der Waals surface area contributed by atoms with Gasteiger partial charge in [0.25, 0.3) is 5.91 Å². The van der Waals surface area contributed by atoms with E-state index < -0.39 is 0 Å². The molecule has 4 N–H and O–H groups in total. The minimum Gasteiger partial charge on any atom is -0.394 e. The summed E-state index contributed by atoms with van der Waals surface area (Å²) in [6, 6.07) is 0. The molecule has 7 heteroatoms. The Bertz CT molecular complexity index is 330. The van der Waals surface area contributed by atoms with E-state index in [0.29, 0.717) is 25.4 Å². The number of aliphatic hydroxyl groups excluding tert-OH is 1. The molecule has 0 atom stereocenters. The Hall–Kier alpha value is -1.02. The summed E-state index contributed by atoms with van der Waals surface area (Å²) in [5.41, 5.74) is 5.77. The molecule has 0 aromatic carbocycles. The average molecular weight is 245 g/mol. The van der Waals surface area contributed by atoms with E-state index in [1.807, 2.05) is 0 Å². The zero-order valence-corrected chi connectivity index (χ0v) is 9.63. The van der Waals surface area contributed by atoms with E-state index in [1.54, 1.807) is 5.38 Å². The second-order valence-electron chi connectivity index (χ2n) is 2.92. The fraction of sp³-hybridized carbons (Fsp3) is 0.556. The molecule has 1 aromatic heterocycles. The molecule has 0 saturated heterocycles. The highest BCUT2D eigenvalue weighted by Crippen LogP contribution is 2.08. The third-order valence-electron chi connectivity index (χ3n) is 1.73. The molecule has 1 rings (SSSR count). The van der Waals surface area contributed by atoms with Gasteiger partial charge >= 0.3 is 0 Å². The lowest BCUT2D eigenvalue weighted by molar-refractivity contribution is 0.0835. The molecule has 6 nitrogen and oxygen atoms in total. The molecule has 0 unspecified atom stereocenters. The topological polar surface area (TPSA) is 97.5 Å². The normalized spacial score (nSPS) is 10.4. The quantitative estimate of drug-likeness (QED) is 0.554. The minimum absolute atomic E-state index is 0.0140. The maximum absolute atomic E-state index is 11.5. The number of hydrogen-bond acceptors (Lipinski definition) is 6. The van der Waals surface area contributed by atoms with E-state index in [1.165, 1.54) is 11.3 Å². The highest BCUT2D eigenvalue weighted by Gasteiger charge is 2.08. The monoisotopic (exact) mass is 245 g/mol. The van der Waals surface area contributed by atoms with Crippen molar-refractivity contribution in [1.29, 1.82) is 0 Å². The predicted molar refractivity (Wildman–Crippen MR) is 60.2 cm³/mol. The van der Waals surface area contributed by atoms with Gasteiger partial charge in [0.2, 0.25) is 0 Å². The molecule has 0 bridgehead atoms. The number of nitrogens with one attached hydrogen (secondary N) is 1. The van der Waals surface area contributed by atoms with Crippen LogP contribution in [0.15, 0.2) is 5.38 Å². The number of thiazole rings is 1. The molecule has 1 amide bonds. The first-order valence-corrected chi connectivity index (χ1v) is 5.77. The number of rotatable bonds is 7. The van der Waals surface area contributed by atoms with Gasteiger partial charge in [-0.05, 0) is 0 Å². The molecular formula is C9H15N3O3S. The number of nitrogens with zero attached hydrogens (tertiary/aromatic N) is 1. The van der Waals surface area contributed by atoms with Crippen molar-refractivity contribution in [3.05, 3.63) is 16.1 Å². The largest absolute Gasteiger partial charge is 0.394 e. The second kappa shape index (κ2) is 7.29. The number of ether oxygens (including phenoxy) is 1. The average Bonchev–Trinajstić information content (AvgIpc) is 2.77. The van der Waals surface area contributed by atoms with Gasteiger partial charge in [0.15, 0.2) is 0 Å². The van der Waals surface area contributed by atoms with E-state index >= 15 is 0 Å². The van der Waals surface area contributed by atoms with Gasteiger partial charge in [-0.3, -0.25) is 4.79 Å². The van der Waals surface area contributed by atoms with E-state index in [0.717, 1.165) is 5.01 Å². The first-order valence-electron chi connectivity index (χ1n) is 4.89. The van der Waals surface area contributed by atoms with Crippen LogP contribution in [0, 0.1) is 0 Å². The van der Waals surface area contributed by atoms with Crippen LogP contribution in [0.1, 0.15) is 15.5 Å². The Balaban J connectivity index is 2.24. The van der Waals surface area contributed by atoms with E-state index in [9.17, 15) is 4.79 Å². The lowest BCUT2D eigenvalue weighted by Gasteiger charge is -2.03. The summed E-state index contributed by atoms with van der Waals surface area (Å²) < 4.78 is 4.99. The van der Waals surface area contributed by atoms with Gasteiger partial charge in [-0.2, -0.15) is 0 Å². The maximum atomic E-state index is 11.5. The third-order valence-corrected chi connectivity index (χ3v) is 2.60. The van der Waals surface area contributed by atoms with Crippen molar-refractivity contribution < 1.29 is 14.6 Å². The molecule has 0 aliphatic carbocycles. The zero-order chi connectivity index (χ0) is 11.8. The first-order chi connectivity index (χ1) is 7.77. The van der Waals surface area contributed by atoms with Crippen LogP contribution >= 0.6 is 11.3 Å². The van der Waals surface area contributed by atoms with E-state index in [-0.39, 0.29) is 19.1 Å². The summed E-state index contributed by atoms with van der Waals surface area (Å²) in [5, 5.41) is 13.5. The zero-order valence-electron chi connectivity index (χ0n) is 8.81. The van der Waals surface area contributed by atoms with E-state index in [4.69, 9.17) is 15.6 Å². The molecule has 90 valence electrons. The molecule has 0 spiro atoms. The van der Waals surface area contributed by atoms with Crippen molar-refractivity contribution in [3.8, 4) is 0 Å². The number of aromatic nitrogens is 1. The first kappa shape index (κ1) is 13.0. The molecule has 0 aliphatic rings. The van der Waals surface area contributed by atoms with Gasteiger partial charge in [-0.1, -0.05) is 0 Å². The van der Waals surface area contributed by atoms with Crippen molar-refractivity contribution in [2.45, 2.75) is 6.54 Å². The Labute approximate surface area is 97.4 Å². The van der Waals surface area contributed by atoms with Crippen LogP contribution in [0.2, 0.25) is 0 Å². The molecule has 0 aliphatic heterocycles. The van der Waals surface area contributed by atoms with Gasteiger partial charge in [-0.25, -0.2) is 4.98 Å². The highest BCUT2D eigenvalue weighted by molar-refractivity contribution is 7.09. The molecule has 0 saturated carbocycles. The van der Waals surface area contributed by atoms with Crippen LogP contribution in [-0.2, 0) is 11.3 Å². The Kier molecular flexibility index (Phi) is 5.94. The van der Waals surface area contributed by atoms with Gasteiger partial charge in [-0.15, -0.1) is 11.3 Å². The van der Waals surface area contributed by atoms with Crippen LogP contribution in [0.25, 0.3) is 0 Å². The van der Waals surface area contributed by atoms with Crippen molar-refractivity contribution >= 4 is 17.2 Å². The number of carbonyl (C=O) groups is 1. The molecule has 0 fully saturated rings. The Morgan fingerprint density at radius 2 is 2.44 bits per heavy atom. The second-order valence-corrected chi connectivity index (χ2v) is 3.87. The molecule has 0 radical (unpaired) electrons. The maximum Gasteiger partial charge on any atom is 0.270 e. The standard InChI is InChI=1S/C9H15N3O3S/c10-5-8-12-7(6-16-8)9(14)11-1-3-15-4-2-13/h6,13H,1-5,10H2,(H,11,14). The Morgan fingerprint density at radius 3 is 3.06 bits per heavy atom. The number of nitrogens with two attached hydrogens (primary N) is 1. The van der Waals surface area contributed by atoms with Gasteiger partial charge in [0.1, 0.15) is 10.7 Å². The summed E-state index contributed by atoms with van der Waals surface area (Å²) in [6.45, 7) is 1.38. The van der Waals surface area contributed by atoms with Crippen LogP contribution in [0.3, 0.4) is 0 Å². The summed E-state index contributed by atoms with van der Waals surface area (Å²) in [4.78, 5) is 15.5. The smallest absolute Gasteiger partial charge is 0.270 e. The predicted octanol–water partition coefficient (Wildman–Crippen LogP) is -0.660. The Morgan fingerprint density at radius 1 is 1.62 bits per heavy atom. The molecule has 1 heterocycles. The number of amides is 1. The SMILES string of the molecule is NCc1nc(C(=O)NCCOCCO)cs1. The van der Waals surface area contributed by atoms with Gasteiger partial charge in [0.05, 0.1) is 19.8 Å². The number of hydrogen-bond donors (Lipinski definition) is 3. The fourth-order valence-corrected chi connectivity index (χ4v) is 1.66. The van der Waals surface area contributed by atoms with Crippen LogP contribution in [-0.4, -0.2) is 42.4 Å². The molecular weight excluding hydrogens is 230 g/mol. The lowest BCUT2D eigenvalue weighted by atomic mass is 10.4. The van der Waals surface area contributed by atoms with Gasteiger partial charge < -0.3 is 20.9 Å². The van der Waals surface area contributed by atoms with Crippen molar-refractivity contribution in [2.24, 2.45) is 5.73 Å². The number of carbonyl (C=O) groups excluding carboxylic acids is 1.